The summed E-state index contributed by atoms with van der Waals surface area (Å²) in [4.78, 5) is 16.0. The van der Waals surface area contributed by atoms with E-state index in [-0.39, 0.29) is 17.3 Å². The largest absolute Gasteiger partial charge is 0.490 e. The lowest BCUT2D eigenvalue weighted by Crippen LogP contribution is -2.18. The Kier molecular flexibility index (Phi) is 5.44. The number of aromatic nitrogens is 2. The number of hydrogen-bond donors (Lipinski definition) is 0. The van der Waals surface area contributed by atoms with Crippen LogP contribution in [-0.4, -0.2) is 22.0 Å². The monoisotopic (exact) mass is 356 g/mol. The van der Waals surface area contributed by atoms with Crippen molar-refractivity contribution in [3.05, 3.63) is 29.7 Å². The molecule has 0 radical (unpaired) electrons. The van der Waals surface area contributed by atoms with Gasteiger partial charge in [0.15, 0.2) is 0 Å². The SMILES string of the molecule is CC(=O)CC(C)(C)Cc1nc(-c2ccc(C)cc2OC2CCCC2)no1. The van der Waals surface area contributed by atoms with Crippen molar-refractivity contribution in [3.8, 4) is 17.1 Å². The summed E-state index contributed by atoms with van der Waals surface area (Å²) in [6.45, 7) is 7.74. The molecule has 0 spiro atoms. The van der Waals surface area contributed by atoms with E-state index >= 15 is 0 Å². The molecule has 1 aliphatic rings. The summed E-state index contributed by atoms with van der Waals surface area (Å²) < 4.78 is 11.7. The Balaban J connectivity index is 1.81. The summed E-state index contributed by atoms with van der Waals surface area (Å²) >= 11 is 0. The number of hydrogen-bond acceptors (Lipinski definition) is 5. The van der Waals surface area contributed by atoms with Crippen LogP contribution in [0.5, 0.6) is 5.75 Å². The van der Waals surface area contributed by atoms with E-state index in [4.69, 9.17) is 9.26 Å². The summed E-state index contributed by atoms with van der Waals surface area (Å²) in [7, 11) is 0. The minimum absolute atomic E-state index is 0.167. The van der Waals surface area contributed by atoms with E-state index in [0.29, 0.717) is 24.6 Å². The number of ketones is 1. The smallest absolute Gasteiger partial charge is 0.227 e. The lowest BCUT2D eigenvalue weighted by molar-refractivity contribution is -0.118. The van der Waals surface area contributed by atoms with Gasteiger partial charge in [-0.05, 0) is 62.6 Å². The highest BCUT2D eigenvalue weighted by Gasteiger charge is 2.25. The number of aryl methyl sites for hydroxylation is 1. The topological polar surface area (TPSA) is 65.2 Å². The molecule has 0 bridgehead atoms. The van der Waals surface area contributed by atoms with Crippen molar-refractivity contribution in [1.82, 2.24) is 10.1 Å². The van der Waals surface area contributed by atoms with Crippen LogP contribution in [0.25, 0.3) is 11.4 Å². The Bertz CT molecular complexity index is 773. The van der Waals surface area contributed by atoms with Gasteiger partial charge in [0, 0.05) is 12.8 Å². The van der Waals surface area contributed by atoms with Crippen molar-refractivity contribution in [2.45, 2.75) is 72.3 Å². The van der Waals surface area contributed by atoms with E-state index in [1.807, 2.05) is 32.0 Å². The molecule has 2 aromatic rings. The molecule has 5 nitrogen and oxygen atoms in total. The van der Waals surface area contributed by atoms with E-state index in [9.17, 15) is 4.79 Å². The molecule has 0 atom stereocenters. The molecule has 0 saturated heterocycles. The number of carbonyl (C=O) groups is 1. The van der Waals surface area contributed by atoms with Crippen LogP contribution in [0.3, 0.4) is 0 Å². The molecular formula is C21H28N2O3. The van der Waals surface area contributed by atoms with Gasteiger partial charge in [-0.15, -0.1) is 0 Å². The Hall–Kier alpha value is -2.17. The maximum atomic E-state index is 11.4. The summed E-state index contributed by atoms with van der Waals surface area (Å²) in [6.07, 6.45) is 5.99. The van der Waals surface area contributed by atoms with Gasteiger partial charge < -0.3 is 14.1 Å². The predicted molar refractivity (Wildman–Crippen MR) is 100 cm³/mol. The summed E-state index contributed by atoms with van der Waals surface area (Å²) in [6, 6.07) is 6.07. The summed E-state index contributed by atoms with van der Waals surface area (Å²) in [5.41, 5.74) is 1.81. The Morgan fingerprint density at radius 2 is 2.04 bits per heavy atom. The molecule has 0 N–H and O–H groups in total. The molecule has 1 aliphatic carbocycles. The maximum Gasteiger partial charge on any atom is 0.227 e. The zero-order valence-electron chi connectivity index (χ0n) is 16.2. The minimum Gasteiger partial charge on any atom is -0.490 e. The van der Waals surface area contributed by atoms with Gasteiger partial charge in [-0.2, -0.15) is 4.98 Å². The van der Waals surface area contributed by atoms with E-state index in [0.717, 1.165) is 29.7 Å². The third-order valence-electron chi connectivity index (χ3n) is 4.80. The van der Waals surface area contributed by atoms with E-state index in [2.05, 4.69) is 17.1 Å². The molecule has 1 heterocycles. The van der Waals surface area contributed by atoms with Gasteiger partial charge in [0.1, 0.15) is 11.5 Å². The summed E-state index contributed by atoms with van der Waals surface area (Å²) in [5, 5.41) is 4.16. The molecular weight excluding hydrogens is 328 g/mol. The second kappa shape index (κ2) is 7.60. The van der Waals surface area contributed by atoms with Crippen LogP contribution in [-0.2, 0) is 11.2 Å². The second-order valence-electron chi connectivity index (χ2n) is 8.26. The van der Waals surface area contributed by atoms with E-state index < -0.39 is 0 Å². The van der Waals surface area contributed by atoms with E-state index in [1.54, 1.807) is 6.92 Å². The van der Waals surface area contributed by atoms with Gasteiger partial charge in [0.25, 0.3) is 0 Å². The third-order valence-corrected chi connectivity index (χ3v) is 4.80. The lowest BCUT2D eigenvalue weighted by Gasteiger charge is -2.20. The molecule has 1 aromatic carbocycles. The fourth-order valence-corrected chi connectivity index (χ4v) is 3.68. The quantitative estimate of drug-likeness (QED) is 0.705. The van der Waals surface area contributed by atoms with Gasteiger partial charge in [-0.1, -0.05) is 25.1 Å². The molecule has 5 heteroatoms. The minimum atomic E-state index is -0.202. The first-order valence-electron chi connectivity index (χ1n) is 9.42. The van der Waals surface area contributed by atoms with Crippen molar-refractivity contribution in [2.24, 2.45) is 5.41 Å². The average molecular weight is 356 g/mol. The van der Waals surface area contributed by atoms with Gasteiger partial charge in [-0.25, -0.2) is 0 Å². The van der Waals surface area contributed by atoms with Crippen LogP contribution in [0.1, 0.15) is 64.3 Å². The Morgan fingerprint density at radius 1 is 1.31 bits per heavy atom. The fourth-order valence-electron chi connectivity index (χ4n) is 3.68. The molecule has 1 fully saturated rings. The van der Waals surface area contributed by atoms with Crippen molar-refractivity contribution in [3.63, 3.8) is 0 Å². The molecule has 1 saturated carbocycles. The molecule has 0 amide bonds. The maximum absolute atomic E-state index is 11.4. The number of Topliss-reactive ketones (excluding diaryl/α,β-unsaturated/α-hetero) is 1. The molecule has 3 rings (SSSR count). The second-order valence-corrected chi connectivity index (χ2v) is 8.26. The molecule has 26 heavy (non-hydrogen) atoms. The summed E-state index contributed by atoms with van der Waals surface area (Å²) in [5.74, 6) is 2.10. The Morgan fingerprint density at radius 3 is 2.73 bits per heavy atom. The fraction of sp³-hybridized carbons (Fsp3) is 0.571. The number of benzene rings is 1. The number of ether oxygens (including phenoxy) is 1. The van der Waals surface area contributed by atoms with Gasteiger partial charge in [0.05, 0.1) is 11.7 Å². The van der Waals surface area contributed by atoms with Gasteiger partial charge in [-0.3, -0.25) is 0 Å². The van der Waals surface area contributed by atoms with Crippen molar-refractivity contribution in [1.29, 1.82) is 0 Å². The zero-order valence-corrected chi connectivity index (χ0v) is 16.2. The number of nitrogens with zero attached hydrogens (tertiary/aromatic N) is 2. The molecule has 0 aliphatic heterocycles. The molecule has 1 aromatic heterocycles. The highest BCUT2D eigenvalue weighted by molar-refractivity contribution is 5.76. The number of carbonyl (C=O) groups excluding carboxylic acids is 1. The zero-order chi connectivity index (χ0) is 18.7. The highest BCUT2D eigenvalue weighted by atomic mass is 16.5. The first-order valence-corrected chi connectivity index (χ1v) is 9.42. The molecule has 0 unspecified atom stereocenters. The van der Waals surface area contributed by atoms with Crippen LogP contribution in [0.4, 0.5) is 0 Å². The van der Waals surface area contributed by atoms with Crippen molar-refractivity contribution in [2.75, 3.05) is 0 Å². The highest BCUT2D eigenvalue weighted by Crippen LogP contribution is 2.33. The first kappa shape index (κ1) is 18.6. The predicted octanol–water partition coefficient (Wildman–Crippen LogP) is 4.91. The van der Waals surface area contributed by atoms with Crippen molar-refractivity contribution < 1.29 is 14.1 Å². The van der Waals surface area contributed by atoms with Crippen molar-refractivity contribution >= 4 is 5.78 Å². The molecule has 140 valence electrons. The Labute approximate surface area is 155 Å². The van der Waals surface area contributed by atoms with Crippen LogP contribution in [0, 0.1) is 12.3 Å². The number of rotatable bonds is 7. The standard InChI is InChI=1S/C21H28N2O3/c1-14-9-10-17(18(11-14)25-16-7-5-6-8-16)20-22-19(26-23-20)13-21(3,4)12-15(2)24/h9-11,16H,5-8,12-13H2,1-4H3. The van der Waals surface area contributed by atoms with Crippen LogP contribution >= 0.6 is 0 Å². The third kappa shape index (κ3) is 4.71. The van der Waals surface area contributed by atoms with Gasteiger partial charge >= 0.3 is 0 Å². The normalized spacial score (nSPS) is 15.4. The lowest BCUT2D eigenvalue weighted by atomic mass is 9.84. The van der Waals surface area contributed by atoms with Crippen LogP contribution in [0.15, 0.2) is 22.7 Å². The van der Waals surface area contributed by atoms with E-state index in [1.165, 1.54) is 12.8 Å². The average Bonchev–Trinajstić information content (AvgIpc) is 3.17. The van der Waals surface area contributed by atoms with Crippen LogP contribution < -0.4 is 4.74 Å². The van der Waals surface area contributed by atoms with Crippen LogP contribution in [0.2, 0.25) is 0 Å². The first-order chi connectivity index (χ1) is 12.3. The van der Waals surface area contributed by atoms with Gasteiger partial charge in [0.2, 0.25) is 11.7 Å².